The van der Waals surface area contributed by atoms with Gasteiger partial charge in [-0.15, -0.1) is 0 Å². The van der Waals surface area contributed by atoms with Crippen LogP contribution in [0.5, 0.6) is 0 Å². The molecule has 5 nitrogen and oxygen atoms in total. The summed E-state index contributed by atoms with van der Waals surface area (Å²) in [6, 6.07) is 0. The molecule has 0 saturated carbocycles. The van der Waals surface area contributed by atoms with Crippen LogP contribution in [0.3, 0.4) is 0 Å². The molecule has 0 aliphatic rings. The third-order valence-electron chi connectivity index (χ3n) is 2.09. The largest absolute Gasteiger partial charge is 0.463 e. The second-order valence-corrected chi connectivity index (χ2v) is 3.56. The van der Waals surface area contributed by atoms with E-state index in [4.69, 9.17) is 4.74 Å². The topological polar surface area (TPSA) is 58.6 Å². The van der Waals surface area contributed by atoms with Crippen LogP contribution >= 0.6 is 0 Å². The molecule has 1 N–H and O–H groups in total. The summed E-state index contributed by atoms with van der Waals surface area (Å²) in [6.07, 6.45) is 4.08. The number of ether oxygens (including phenoxy) is 1. The first kappa shape index (κ1) is 15.6. The second-order valence-electron chi connectivity index (χ2n) is 3.56. The normalized spacial score (nSPS) is 10.8. The van der Waals surface area contributed by atoms with Gasteiger partial charge in [0.15, 0.2) is 0 Å². The monoisotopic (exact) mass is 242 g/mol. The minimum absolute atomic E-state index is 0.0250. The van der Waals surface area contributed by atoms with Gasteiger partial charge in [0.05, 0.1) is 13.2 Å². The van der Waals surface area contributed by atoms with Gasteiger partial charge >= 0.3 is 5.97 Å². The summed E-state index contributed by atoms with van der Waals surface area (Å²) >= 11 is 0. The van der Waals surface area contributed by atoms with Crippen LogP contribution in [0.2, 0.25) is 0 Å². The van der Waals surface area contributed by atoms with Gasteiger partial charge in [0.2, 0.25) is 5.91 Å². The highest BCUT2D eigenvalue weighted by Gasteiger charge is 2.06. The number of carbonyl (C=O) groups excluding carboxylic acids is 2. The lowest BCUT2D eigenvalue weighted by Gasteiger charge is -2.18. The Labute approximate surface area is 103 Å². The summed E-state index contributed by atoms with van der Waals surface area (Å²) in [4.78, 5) is 24.2. The Balaban J connectivity index is 4.07. The van der Waals surface area contributed by atoms with Crippen molar-refractivity contribution in [1.82, 2.24) is 10.2 Å². The van der Waals surface area contributed by atoms with Gasteiger partial charge in [0.25, 0.3) is 0 Å². The summed E-state index contributed by atoms with van der Waals surface area (Å²) in [6.45, 7) is 5.92. The lowest BCUT2D eigenvalue weighted by molar-refractivity contribution is -0.137. The first-order valence-electron chi connectivity index (χ1n) is 5.90. The van der Waals surface area contributed by atoms with E-state index in [9.17, 15) is 9.59 Å². The van der Waals surface area contributed by atoms with Gasteiger partial charge in [-0.2, -0.15) is 0 Å². The number of rotatable bonds is 8. The molecule has 0 atom stereocenters. The second kappa shape index (κ2) is 9.84. The van der Waals surface area contributed by atoms with E-state index in [-0.39, 0.29) is 11.9 Å². The molecule has 0 fully saturated rings. The maximum atomic E-state index is 11.2. The highest BCUT2D eigenvalue weighted by molar-refractivity contribution is 5.82. The average Bonchev–Trinajstić information content (AvgIpc) is 2.29. The molecule has 0 rings (SSSR count). The predicted octanol–water partition coefficient (Wildman–Crippen LogP) is 0.564. The van der Waals surface area contributed by atoms with E-state index in [1.165, 1.54) is 6.08 Å². The number of carbonyl (C=O) groups is 2. The van der Waals surface area contributed by atoms with Crippen LogP contribution in [-0.4, -0.2) is 50.1 Å². The van der Waals surface area contributed by atoms with Crippen molar-refractivity contribution in [2.75, 3.05) is 33.3 Å². The quantitative estimate of drug-likeness (QED) is 0.499. The highest BCUT2D eigenvalue weighted by atomic mass is 16.5. The number of nitrogens with zero attached hydrogens (tertiary/aromatic N) is 1. The van der Waals surface area contributed by atoms with Crippen molar-refractivity contribution >= 4 is 11.9 Å². The molecule has 17 heavy (non-hydrogen) atoms. The molecule has 0 heterocycles. The Morgan fingerprint density at radius 3 is 2.59 bits per heavy atom. The standard InChI is InChI=1S/C12H22N2O3/c1-4-8-14(10-11(15)13-3)9-6-7-12(16)17-5-2/h6-7H,4-5,8-10H2,1-3H3,(H,13,15)/b7-6+. The molecule has 0 aliphatic heterocycles. The zero-order valence-electron chi connectivity index (χ0n) is 10.9. The van der Waals surface area contributed by atoms with E-state index < -0.39 is 0 Å². The van der Waals surface area contributed by atoms with Gasteiger partial charge in [-0.05, 0) is 19.9 Å². The molecular formula is C12H22N2O3. The van der Waals surface area contributed by atoms with E-state index in [1.807, 2.05) is 11.8 Å². The fourth-order valence-corrected chi connectivity index (χ4v) is 1.32. The molecule has 1 amide bonds. The van der Waals surface area contributed by atoms with Gasteiger partial charge in [-0.25, -0.2) is 4.79 Å². The molecule has 0 aromatic rings. The van der Waals surface area contributed by atoms with Gasteiger partial charge in [0, 0.05) is 19.7 Å². The van der Waals surface area contributed by atoms with Crippen LogP contribution in [0, 0.1) is 0 Å². The Hall–Kier alpha value is -1.36. The highest BCUT2D eigenvalue weighted by Crippen LogP contribution is 1.92. The maximum Gasteiger partial charge on any atom is 0.330 e. The van der Waals surface area contributed by atoms with Crippen molar-refractivity contribution in [3.63, 3.8) is 0 Å². The van der Waals surface area contributed by atoms with Gasteiger partial charge < -0.3 is 10.1 Å². The zero-order chi connectivity index (χ0) is 13.1. The third-order valence-corrected chi connectivity index (χ3v) is 2.09. The zero-order valence-corrected chi connectivity index (χ0v) is 10.9. The molecule has 0 spiro atoms. The third kappa shape index (κ3) is 8.45. The fraction of sp³-hybridized carbons (Fsp3) is 0.667. The minimum Gasteiger partial charge on any atom is -0.463 e. The molecule has 0 unspecified atom stereocenters. The Morgan fingerprint density at radius 2 is 2.06 bits per heavy atom. The molecule has 0 bridgehead atoms. The van der Waals surface area contributed by atoms with Crippen molar-refractivity contribution in [1.29, 1.82) is 0 Å². The smallest absolute Gasteiger partial charge is 0.330 e. The molecule has 0 aromatic carbocycles. The number of likely N-dealkylation sites (N-methyl/N-ethyl adjacent to an activating group) is 1. The Kier molecular flexibility index (Phi) is 9.05. The van der Waals surface area contributed by atoms with Crippen LogP contribution in [0.1, 0.15) is 20.3 Å². The van der Waals surface area contributed by atoms with E-state index in [1.54, 1.807) is 20.0 Å². The molecular weight excluding hydrogens is 220 g/mol. The number of hydrogen-bond donors (Lipinski definition) is 1. The van der Waals surface area contributed by atoms with E-state index in [2.05, 4.69) is 5.32 Å². The molecule has 0 aliphatic carbocycles. The molecule has 5 heteroatoms. The van der Waals surface area contributed by atoms with E-state index >= 15 is 0 Å². The van der Waals surface area contributed by atoms with Crippen molar-refractivity contribution < 1.29 is 14.3 Å². The summed E-state index contributed by atoms with van der Waals surface area (Å²) in [5.41, 5.74) is 0. The molecule has 98 valence electrons. The first-order chi connectivity index (χ1) is 8.13. The summed E-state index contributed by atoms with van der Waals surface area (Å²) < 4.78 is 4.76. The van der Waals surface area contributed by atoms with Crippen LogP contribution in [0.25, 0.3) is 0 Å². The van der Waals surface area contributed by atoms with Crippen molar-refractivity contribution in [2.24, 2.45) is 0 Å². The predicted molar refractivity (Wildman–Crippen MR) is 66.6 cm³/mol. The Bertz CT molecular complexity index is 264. The summed E-state index contributed by atoms with van der Waals surface area (Å²) in [5, 5.41) is 2.58. The van der Waals surface area contributed by atoms with E-state index in [0.717, 1.165) is 13.0 Å². The van der Waals surface area contributed by atoms with Crippen LogP contribution < -0.4 is 5.32 Å². The number of nitrogens with one attached hydrogen (secondary N) is 1. The lowest BCUT2D eigenvalue weighted by Crippen LogP contribution is -2.36. The van der Waals surface area contributed by atoms with Crippen molar-refractivity contribution in [3.8, 4) is 0 Å². The molecule has 0 radical (unpaired) electrons. The SMILES string of the molecule is CCCN(C/C=C/C(=O)OCC)CC(=O)NC. The maximum absolute atomic E-state index is 11.2. The summed E-state index contributed by atoms with van der Waals surface area (Å²) in [7, 11) is 1.61. The summed E-state index contributed by atoms with van der Waals surface area (Å²) in [5.74, 6) is -0.369. The van der Waals surface area contributed by atoms with Crippen LogP contribution in [0.15, 0.2) is 12.2 Å². The van der Waals surface area contributed by atoms with Crippen LogP contribution in [0.4, 0.5) is 0 Å². The average molecular weight is 242 g/mol. The molecule has 0 saturated heterocycles. The number of esters is 1. The van der Waals surface area contributed by atoms with Gasteiger partial charge in [-0.1, -0.05) is 13.0 Å². The van der Waals surface area contributed by atoms with Gasteiger partial charge in [0.1, 0.15) is 0 Å². The lowest BCUT2D eigenvalue weighted by atomic mass is 10.3. The number of amides is 1. The van der Waals surface area contributed by atoms with Gasteiger partial charge in [-0.3, -0.25) is 9.69 Å². The fourth-order valence-electron chi connectivity index (χ4n) is 1.32. The Morgan fingerprint density at radius 1 is 1.35 bits per heavy atom. The van der Waals surface area contributed by atoms with Crippen LogP contribution in [-0.2, 0) is 14.3 Å². The minimum atomic E-state index is -0.344. The first-order valence-corrected chi connectivity index (χ1v) is 5.90. The van der Waals surface area contributed by atoms with E-state index in [0.29, 0.717) is 19.7 Å². The molecule has 0 aromatic heterocycles. The van der Waals surface area contributed by atoms with Crippen molar-refractivity contribution in [2.45, 2.75) is 20.3 Å². The van der Waals surface area contributed by atoms with Crippen molar-refractivity contribution in [3.05, 3.63) is 12.2 Å². The number of hydrogen-bond acceptors (Lipinski definition) is 4.